The predicted octanol–water partition coefficient (Wildman–Crippen LogP) is 3.71. The van der Waals surface area contributed by atoms with Gasteiger partial charge in [-0.1, -0.05) is 0 Å². The molecule has 0 spiro atoms. The fraction of sp³-hybridized carbons (Fsp3) is 0.385. The lowest BCUT2D eigenvalue weighted by Gasteiger charge is -2.16. The van der Waals surface area contributed by atoms with Crippen LogP contribution >= 0.6 is 27.3 Å². The molecule has 0 aliphatic heterocycles. The quantitative estimate of drug-likeness (QED) is 0.849. The molecule has 2 N–H and O–H groups in total. The van der Waals surface area contributed by atoms with E-state index in [2.05, 4.69) is 34.2 Å². The number of nitrogens with one attached hydrogen (secondary N) is 1. The van der Waals surface area contributed by atoms with Gasteiger partial charge in [0.05, 0.1) is 10.0 Å². The molecule has 0 saturated carbocycles. The summed E-state index contributed by atoms with van der Waals surface area (Å²) < 4.78 is 6.32. The minimum absolute atomic E-state index is 0.228. The van der Waals surface area contributed by atoms with Crippen LogP contribution in [0, 0.1) is 0 Å². The highest BCUT2D eigenvalue weighted by Gasteiger charge is 2.14. The maximum atomic E-state index is 9.94. The minimum atomic E-state index is -0.544. The van der Waals surface area contributed by atoms with Crippen molar-refractivity contribution in [2.45, 2.75) is 32.0 Å². The van der Waals surface area contributed by atoms with Gasteiger partial charge in [-0.2, -0.15) is 0 Å². The van der Waals surface area contributed by atoms with E-state index in [0.29, 0.717) is 12.2 Å². The van der Waals surface area contributed by atoms with Gasteiger partial charge in [-0.05, 0) is 53.5 Å². The second kappa shape index (κ2) is 6.52. The van der Waals surface area contributed by atoms with Crippen molar-refractivity contribution in [2.24, 2.45) is 0 Å². The predicted molar refractivity (Wildman–Crippen MR) is 76.6 cm³/mol. The van der Waals surface area contributed by atoms with Gasteiger partial charge >= 0.3 is 0 Å². The van der Waals surface area contributed by atoms with Crippen molar-refractivity contribution >= 4 is 27.3 Å². The van der Waals surface area contributed by atoms with Gasteiger partial charge in [-0.15, -0.1) is 11.3 Å². The summed E-state index contributed by atoms with van der Waals surface area (Å²) in [5.41, 5.74) is 0. The van der Waals surface area contributed by atoms with Gasteiger partial charge in [0, 0.05) is 17.5 Å². The van der Waals surface area contributed by atoms with Crippen molar-refractivity contribution in [3.05, 3.63) is 45.0 Å². The standard InChI is InChI=1S/C13H16BrNO2S/c1-9(7-11(16)12-3-2-6-17-12)15-8-10-4-5-13(14)18-10/h2-6,9,11,15-16H,7-8H2,1H3. The SMILES string of the molecule is CC(CC(O)c1ccco1)NCc1ccc(Br)s1. The molecule has 98 valence electrons. The fourth-order valence-corrected chi connectivity index (χ4v) is 3.17. The molecule has 0 saturated heterocycles. The van der Waals surface area contributed by atoms with Gasteiger partial charge in [0.15, 0.2) is 0 Å². The number of rotatable bonds is 6. The van der Waals surface area contributed by atoms with Crippen LogP contribution in [-0.2, 0) is 6.54 Å². The first kappa shape index (κ1) is 13.8. The van der Waals surface area contributed by atoms with Crippen LogP contribution in [0.25, 0.3) is 0 Å². The molecule has 2 unspecified atom stereocenters. The molecular formula is C13H16BrNO2S. The highest BCUT2D eigenvalue weighted by Crippen LogP contribution is 2.22. The third-order valence-electron chi connectivity index (χ3n) is 2.70. The van der Waals surface area contributed by atoms with Crippen molar-refractivity contribution in [1.29, 1.82) is 0 Å². The number of hydrogen-bond donors (Lipinski definition) is 2. The van der Waals surface area contributed by atoms with Crippen LogP contribution in [0.5, 0.6) is 0 Å². The summed E-state index contributed by atoms with van der Waals surface area (Å²) in [6.45, 7) is 2.89. The van der Waals surface area contributed by atoms with Gasteiger partial charge in [-0.3, -0.25) is 0 Å². The van der Waals surface area contributed by atoms with Gasteiger partial charge < -0.3 is 14.8 Å². The van der Waals surface area contributed by atoms with Crippen molar-refractivity contribution in [2.75, 3.05) is 0 Å². The summed E-state index contributed by atoms with van der Waals surface area (Å²) in [5, 5.41) is 13.3. The van der Waals surface area contributed by atoms with E-state index in [1.54, 1.807) is 29.7 Å². The van der Waals surface area contributed by atoms with E-state index in [-0.39, 0.29) is 6.04 Å². The lowest BCUT2D eigenvalue weighted by molar-refractivity contribution is 0.128. The first-order valence-corrected chi connectivity index (χ1v) is 7.45. The van der Waals surface area contributed by atoms with Crippen LogP contribution in [0.3, 0.4) is 0 Å². The number of halogens is 1. The molecule has 2 aromatic heterocycles. The van der Waals surface area contributed by atoms with E-state index in [9.17, 15) is 5.11 Å². The molecule has 0 fully saturated rings. The zero-order valence-corrected chi connectivity index (χ0v) is 12.5. The maximum absolute atomic E-state index is 9.94. The number of aliphatic hydroxyl groups excluding tert-OH is 1. The highest BCUT2D eigenvalue weighted by molar-refractivity contribution is 9.11. The van der Waals surface area contributed by atoms with Crippen molar-refractivity contribution < 1.29 is 9.52 Å². The third kappa shape index (κ3) is 3.95. The van der Waals surface area contributed by atoms with Crippen LogP contribution in [0.4, 0.5) is 0 Å². The number of furan rings is 1. The third-order valence-corrected chi connectivity index (χ3v) is 4.33. The molecule has 18 heavy (non-hydrogen) atoms. The van der Waals surface area contributed by atoms with Crippen molar-refractivity contribution in [3.8, 4) is 0 Å². The molecule has 0 amide bonds. The Hall–Kier alpha value is -0.620. The van der Waals surface area contributed by atoms with Gasteiger partial charge in [-0.25, -0.2) is 0 Å². The Balaban J connectivity index is 1.76. The van der Waals surface area contributed by atoms with Gasteiger partial charge in [0.25, 0.3) is 0 Å². The Bertz CT molecular complexity index is 469. The summed E-state index contributed by atoms with van der Waals surface area (Å²) >= 11 is 5.16. The summed E-state index contributed by atoms with van der Waals surface area (Å²) in [6.07, 6.45) is 1.68. The van der Waals surface area contributed by atoms with Crippen molar-refractivity contribution in [1.82, 2.24) is 5.32 Å². The first-order chi connectivity index (χ1) is 8.65. The molecule has 0 aliphatic carbocycles. The average Bonchev–Trinajstić information content (AvgIpc) is 2.97. The summed E-state index contributed by atoms with van der Waals surface area (Å²) in [5.74, 6) is 0.627. The molecule has 2 aromatic rings. The molecule has 2 heterocycles. The number of thiophene rings is 1. The van der Waals surface area contributed by atoms with Crippen LogP contribution in [-0.4, -0.2) is 11.1 Å². The zero-order valence-electron chi connectivity index (χ0n) is 10.1. The van der Waals surface area contributed by atoms with Crippen molar-refractivity contribution in [3.63, 3.8) is 0 Å². The lowest BCUT2D eigenvalue weighted by Crippen LogP contribution is -2.27. The Labute approximate surface area is 119 Å². The van der Waals surface area contributed by atoms with E-state index < -0.39 is 6.10 Å². The van der Waals surface area contributed by atoms with E-state index in [4.69, 9.17) is 4.42 Å². The lowest BCUT2D eigenvalue weighted by atomic mass is 10.1. The largest absolute Gasteiger partial charge is 0.467 e. The molecular weight excluding hydrogens is 314 g/mol. The second-order valence-corrected chi connectivity index (χ2v) is 6.80. The molecule has 0 radical (unpaired) electrons. The minimum Gasteiger partial charge on any atom is -0.467 e. The zero-order chi connectivity index (χ0) is 13.0. The van der Waals surface area contributed by atoms with Crippen LogP contribution < -0.4 is 5.32 Å². The second-order valence-electron chi connectivity index (χ2n) is 4.25. The van der Waals surface area contributed by atoms with E-state index in [0.717, 1.165) is 10.3 Å². The molecule has 2 atom stereocenters. The smallest absolute Gasteiger partial charge is 0.132 e. The fourth-order valence-electron chi connectivity index (χ4n) is 1.74. The summed E-state index contributed by atoms with van der Waals surface area (Å²) in [4.78, 5) is 1.28. The molecule has 2 rings (SSSR count). The van der Waals surface area contributed by atoms with Gasteiger partial charge in [0.1, 0.15) is 11.9 Å². The highest BCUT2D eigenvalue weighted by atomic mass is 79.9. The normalized spacial score (nSPS) is 14.6. The number of hydrogen-bond acceptors (Lipinski definition) is 4. The Morgan fingerprint density at radius 1 is 1.44 bits per heavy atom. The number of aliphatic hydroxyl groups is 1. The Morgan fingerprint density at radius 3 is 2.89 bits per heavy atom. The molecule has 0 bridgehead atoms. The monoisotopic (exact) mass is 329 g/mol. The van der Waals surface area contributed by atoms with E-state index in [1.807, 2.05) is 6.07 Å². The topological polar surface area (TPSA) is 45.4 Å². The Kier molecular flexibility index (Phi) is 5.00. The van der Waals surface area contributed by atoms with Crippen LogP contribution in [0.2, 0.25) is 0 Å². The van der Waals surface area contributed by atoms with Gasteiger partial charge in [0.2, 0.25) is 0 Å². The molecule has 0 aromatic carbocycles. The van der Waals surface area contributed by atoms with Crippen LogP contribution in [0.1, 0.15) is 30.1 Å². The Morgan fingerprint density at radius 2 is 2.28 bits per heavy atom. The summed E-state index contributed by atoms with van der Waals surface area (Å²) in [6, 6.07) is 7.96. The molecule has 5 heteroatoms. The molecule has 3 nitrogen and oxygen atoms in total. The average molecular weight is 330 g/mol. The maximum Gasteiger partial charge on any atom is 0.132 e. The van der Waals surface area contributed by atoms with E-state index >= 15 is 0 Å². The summed E-state index contributed by atoms with van der Waals surface area (Å²) in [7, 11) is 0. The van der Waals surface area contributed by atoms with E-state index in [1.165, 1.54) is 4.88 Å². The first-order valence-electron chi connectivity index (χ1n) is 5.84. The van der Waals surface area contributed by atoms with Crippen LogP contribution in [0.15, 0.2) is 38.7 Å². The molecule has 0 aliphatic rings.